The van der Waals surface area contributed by atoms with E-state index in [-0.39, 0.29) is 12.4 Å². The number of hydrogen-bond acceptors (Lipinski definition) is 5. The molecule has 4 rings (SSSR count). The van der Waals surface area contributed by atoms with E-state index in [9.17, 15) is 15.0 Å². The Labute approximate surface area is 208 Å². The van der Waals surface area contributed by atoms with Gasteiger partial charge in [-0.2, -0.15) is 0 Å². The van der Waals surface area contributed by atoms with Crippen molar-refractivity contribution in [3.63, 3.8) is 0 Å². The van der Waals surface area contributed by atoms with Crippen molar-refractivity contribution < 1.29 is 19.7 Å². The van der Waals surface area contributed by atoms with E-state index >= 15 is 0 Å². The van der Waals surface area contributed by atoms with Crippen LogP contribution in [0.15, 0.2) is 84.9 Å². The van der Waals surface area contributed by atoms with E-state index in [4.69, 9.17) is 4.74 Å². The molecule has 5 heteroatoms. The van der Waals surface area contributed by atoms with Gasteiger partial charge in [-0.15, -0.1) is 0 Å². The summed E-state index contributed by atoms with van der Waals surface area (Å²) >= 11 is 0. The van der Waals surface area contributed by atoms with Crippen LogP contribution in [0, 0.1) is 6.92 Å². The normalized spacial score (nSPS) is 17.6. The highest BCUT2D eigenvalue weighted by Gasteiger charge is 2.34. The highest BCUT2D eigenvalue weighted by atomic mass is 16.5. The number of likely N-dealkylation sites (tertiary alicyclic amines) is 1. The first-order chi connectivity index (χ1) is 16.9. The molecular weight excluding hydrogens is 438 g/mol. The molecule has 3 aromatic rings. The van der Waals surface area contributed by atoms with Crippen molar-refractivity contribution in [3.8, 4) is 0 Å². The van der Waals surface area contributed by atoms with Crippen molar-refractivity contribution >= 4 is 5.78 Å². The summed E-state index contributed by atoms with van der Waals surface area (Å²) in [4.78, 5) is 15.3. The topological polar surface area (TPSA) is 70.0 Å². The molecule has 2 atom stereocenters. The van der Waals surface area contributed by atoms with E-state index in [2.05, 4.69) is 4.90 Å². The number of carbonyl (C=O) groups is 1. The van der Waals surface area contributed by atoms with Gasteiger partial charge >= 0.3 is 0 Å². The van der Waals surface area contributed by atoms with Crippen LogP contribution in [-0.4, -0.2) is 59.3 Å². The fourth-order valence-corrected chi connectivity index (χ4v) is 4.67. The summed E-state index contributed by atoms with van der Waals surface area (Å²) in [7, 11) is 0. The van der Waals surface area contributed by atoms with E-state index in [0.29, 0.717) is 44.5 Å². The van der Waals surface area contributed by atoms with Crippen LogP contribution in [0.4, 0.5) is 0 Å². The second-order valence-electron chi connectivity index (χ2n) is 9.59. The molecule has 1 heterocycles. The number of nitrogens with zero attached hydrogens (tertiary/aromatic N) is 1. The lowest BCUT2D eigenvalue weighted by molar-refractivity contribution is -0.0483. The molecule has 2 N–H and O–H groups in total. The maximum Gasteiger partial charge on any atom is 0.191 e. The van der Waals surface area contributed by atoms with Crippen LogP contribution in [0.25, 0.3) is 0 Å². The summed E-state index contributed by atoms with van der Waals surface area (Å²) in [5.41, 5.74) is 2.92. The highest BCUT2D eigenvalue weighted by molar-refractivity contribution is 5.99. The van der Waals surface area contributed by atoms with E-state index in [1.165, 1.54) is 0 Å². The molecule has 0 saturated carbocycles. The number of hydrogen-bond donors (Lipinski definition) is 2. The van der Waals surface area contributed by atoms with Crippen LogP contribution in [0.2, 0.25) is 0 Å². The number of aryl methyl sites for hydroxylation is 1. The van der Waals surface area contributed by atoms with Gasteiger partial charge in [-0.3, -0.25) is 4.79 Å². The number of ether oxygens (including phenoxy) is 1. The van der Waals surface area contributed by atoms with Crippen molar-refractivity contribution in [3.05, 3.63) is 107 Å². The average Bonchev–Trinajstić information content (AvgIpc) is 2.90. The predicted molar refractivity (Wildman–Crippen MR) is 137 cm³/mol. The lowest BCUT2D eigenvalue weighted by atomic mass is 9.84. The number of aliphatic hydroxyl groups excluding tert-OH is 1. The Balaban J connectivity index is 1.33. The van der Waals surface area contributed by atoms with E-state index in [1.807, 2.05) is 79.7 Å². The van der Waals surface area contributed by atoms with Gasteiger partial charge in [0.1, 0.15) is 6.10 Å². The number of β-amino-alcohol motifs (C(OH)–C–C–N with tert-alkyl or cyclic N) is 1. The monoisotopic (exact) mass is 473 g/mol. The zero-order chi connectivity index (χ0) is 24.7. The second-order valence-corrected chi connectivity index (χ2v) is 9.59. The molecular formula is C30H35NO4. The number of ketones is 1. The largest absolute Gasteiger partial charge is 0.389 e. The number of carbonyl (C=O) groups excluding carboxylic acids is 1. The molecule has 3 aromatic carbocycles. The molecule has 0 aliphatic carbocycles. The summed E-state index contributed by atoms with van der Waals surface area (Å²) in [6.45, 7) is 3.94. The molecule has 1 fully saturated rings. The van der Waals surface area contributed by atoms with Crippen molar-refractivity contribution in [1.29, 1.82) is 0 Å². The summed E-state index contributed by atoms with van der Waals surface area (Å²) in [5, 5.41) is 21.8. The Morgan fingerprint density at radius 1 is 0.943 bits per heavy atom. The smallest absolute Gasteiger partial charge is 0.191 e. The van der Waals surface area contributed by atoms with E-state index in [1.54, 1.807) is 12.1 Å². The lowest BCUT2D eigenvalue weighted by Gasteiger charge is -2.39. The fraction of sp³-hybridized carbons (Fsp3) is 0.367. The van der Waals surface area contributed by atoms with Gasteiger partial charge in [0.2, 0.25) is 0 Å². The van der Waals surface area contributed by atoms with Gasteiger partial charge in [0.15, 0.2) is 5.78 Å². The van der Waals surface area contributed by atoms with Gasteiger partial charge in [0.25, 0.3) is 0 Å². The Bertz CT molecular complexity index is 1060. The van der Waals surface area contributed by atoms with Crippen molar-refractivity contribution in [1.82, 2.24) is 4.90 Å². The standard InChI is InChI=1S/C30H35NO4/c1-23-12-14-24(15-13-23)20-28(29(33)25-8-4-2-5-9-25)35-22-27(32)21-31-18-16-30(34,17-19-31)26-10-6-3-7-11-26/h2-15,27-28,32,34H,16-22H2,1H3. The molecule has 184 valence electrons. The average molecular weight is 474 g/mol. The molecule has 5 nitrogen and oxygen atoms in total. The van der Waals surface area contributed by atoms with Gasteiger partial charge < -0.3 is 19.8 Å². The Morgan fingerprint density at radius 2 is 1.54 bits per heavy atom. The van der Waals surface area contributed by atoms with Gasteiger partial charge in [-0.1, -0.05) is 90.5 Å². The van der Waals surface area contributed by atoms with Crippen LogP contribution in [-0.2, 0) is 16.8 Å². The van der Waals surface area contributed by atoms with Crippen LogP contribution in [0.5, 0.6) is 0 Å². The van der Waals surface area contributed by atoms with Gasteiger partial charge in [-0.05, 0) is 30.9 Å². The minimum atomic E-state index is -0.819. The number of aliphatic hydroxyl groups is 2. The molecule has 1 saturated heterocycles. The molecule has 1 aliphatic heterocycles. The third kappa shape index (κ3) is 6.86. The van der Waals surface area contributed by atoms with Gasteiger partial charge in [0.05, 0.1) is 18.3 Å². The molecule has 35 heavy (non-hydrogen) atoms. The van der Waals surface area contributed by atoms with Crippen LogP contribution in [0.3, 0.4) is 0 Å². The molecule has 2 unspecified atom stereocenters. The molecule has 0 aromatic heterocycles. The molecule has 1 aliphatic rings. The summed E-state index contributed by atoms with van der Waals surface area (Å²) < 4.78 is 6.03. The maximum atomic E-state index is 13.2. The first-order valence-corrected chi connectivity index (χ1v) is 12.4. The predicted octanol–water partition coefficient (Wildman–Crippen LogP) is 4.15. The zero-order valence-electron chi connectivity index (χ0n) is 20.3. The first-order valence-electron chi connectivity index (χ1n) is 12.4. The number of Topliss-reactive ketones (excluding diaryl/α,β-unsaturated/α-hetero) is 1. The molecule has 0 radical (unpaired) electrons. The molecule has 0 spiro atoms. The van der Waals surface area contributed by atoms with E-state index < -0.39 is 17.8 Å². The zero-order valence-corrected chi connectivity index (χ0v) is 20.3. The number of benzene rings is 3. The quantitative estimate of drug-likeness (QED) is 0.433. The maximum absolute atomic E-state index is 13.2. The fourth-order valence-electron chi connectivity index (χ4n) is 4.67. The molecule has 0 bridgehead atoms. The first kappa shape index (κ1) is 25.3. The summed E-state index contributed by atoms with van der Waals surface area (Å²) in [6, 6.07) is 27.0. The number of rotatable bonds is 10. The van der Waals surface area contributed by atoms with E-state index in [0.717, 1.165) is 16.7 Å². The summed E-state index contributed by atoms with van der Waals surface area (Å²) in [5.74, 6) is -0.0794. The number of piperidine rings is 1. The lowest BCUT2D eigenvalue weighted by Crippen LogP contribution is -2.46. The van der Waals surface area contributed by atoms with Gasteiger partial charge in [-0.25, -0.2) is 0 Å². The SMILES string of the molecule is Cc1ccc(CC(OCC(O)CN2CCC(O)(c3ccccc3)CC2)C(=O)c2ccccc2)cc1. The Kier molecular flexibility index (Phi) is 8.47. The third-order valence-corrected chi connectivity index (χ3v) is 6.85. The minimum absolute atomic E-state index is 0.0779. The minimum Gasteiger partial charge on any atom is -0.389 e. The van der Waals surface area contributed by atoms with Gasteiger partial charge in [0, 0.05) is 31.6 Å². The highest BCUT2D eigenvalue weighted by Crippen LogP contribution is 2.32. The molecule has 0 amide bonds. The van der Waals surface area contributed by atoms with Crippen LogP contribution < -0.4 is 0 Å². The summed E-state index contributed by atoms with van der Waals surface area (Å²) in [6.07, 6.45) is 0.302. The van der Waals surface area contributed by atoms with Crippen molar-refractivity contribution in [2.45, 2.75) is 44.0 Å². The Hall–Kier alpha value is -2.83. The van der Waals surface area contributed by atoms with Crippen LogP contribution >= 0.6 is 0 Å². The van der Waals surface area contributed by atoms with Crippen molar-refractivity contribution in [2.75, 3.05) is 26.2 Å². The third-order valence-electron chi connectivity index (χ3n) is 6.85. The van der Waals surface area contributed by atoms with Crippen LogP contribution in [0.1, 0.15) is 39.9 Å². The second kappa shape index (κ2) is 11.7. The Morgan fingerprint density at radius 3 is 2.17 bits per heavy atom. The van der Waals surface area contributed by atoms with Crippen molar-refractivity contribution in [2.24, 2.45) is 0 Å².